The molecule has 0 bridgehead atoms. The van der Waals surface area contributed by atoms with Gasteiger partial charge in [-0.25, -0.2) is 0 Å². The van der Waals surface area contributed by atoms with Crippen LogP contribution >= 0.6 is 0 Å². The summed E-state index contributed by atoms with van der Waals surface area (Å²) in [5.74, 6) is 2.42. The summed E-state index contributed by atoms with van der Waals surface area (Å²) < 4.78 is 16.3. The number of fused-ring (bicyclic) bond motifs is 1. The lowest BCUT2D eigenvalue weighted by molar-refractivity contribution is 0.173. The summed E-state index contributed by atoms with van der Waals surface area (Å²) in [5.41, 5.74) is 0. The van der Waals surface area contributed by atoms with Gasteiger partial charge in [-0.2, -0.15) is 0 Å². The van der Waals surface area contributed by atoms with Gasteiger partial charge in [-0.05, 0) is 31.5 Å². The molecule has 1 fully saturated rings. The number of piperidine rings is 1. The first-order valence-electron chi connectivity index (χ1n) is 6.18. The topological polar surface area (TPSA) is 39.7 Å². The Morgan fingerprint density at radius 3 is 3.06 bits per heavy atom. The number of rotatable bonds is 3. The van der Waals surface area contributed by atoms with Crippen molar-refractivity contribution in [3.8, 4) is 17.2 Å². The van der Waals surface area contributed by atoms with E-state index in [0.29, 0.717) is 12.8 Å². The summed E-state index contributed by atoms with van der Waals surface area (Å²) in [6, 6.07) is 6.20. The van der Waals surface area contributed by atoms with E-state index in [4.69, 9.17) is 14.2 Å². The Morgan fingerprint density at radius 1 is 1.24 bits per heavy atom. The molecule has 3 rings (SSSR count). The first kappa shape index (κ1) is 10.7. The van der Waals surface area contributed by atoms with Crippen LogP contribution in [0.2, 0.25) is 0 Å². The van der Waals surface area contributed by atoms with Crippen LogP contribution in [0.25, 0.3) is 0 Å². The maximum atomic E-state index is 5.77. The molecule has 2 aliphatic rings. The monoisotopic (exact) mass is 235 g/mol. The molecule has 1 saturated heterocycles. The van der Waals surface area contributed by atoms with Crippen LogP contribution in [0.5, 0.6) is 17.2 Å². The first-order valence-corrected chi connectivity index (χ1v) is 6.18. The largest absolute Gasteiger partial charge is 0.492 e. The molecule has 0 aromatic heterocycles. The number of nitrogens with one attached hydrogen (secondary N) is 1. The Balaban J connectivity index is 1.57. The normalized spacial score (nSPS) is 22.5. The Morgan fingerprint density at radius 2 is 2.18 bits per heavy atom. The molecule has 2 aliphatic heterocycles. The van der Waals surface area contributed by atoms with E-state index in [0.717, 1.165) is 30.4 Å². The number of hydrogen-bond acceptors (Lipinski definition) is 4. The maximum absolute atomic E-state index is 5.77. The minimum Gasteiger partial charge on any atom is -0.492 e. The van der Waals surface area contributed by atoms with Gasteiger partial charge >= 0.3 is 0 Å². The highest BCUT2D eigenvalue weighted by molar-refractivity contribution is 5.46. The molecule has 1 atom stereocenters. The minimum atomic E-state index is 0.308. The van der Waals surface area contributed by atoms with Crippen LogP contribution in [-0.4, -0.2) is 26.0 Å². The van der Waals surface area contributed by atoms with Crippen molar-refractivity contribution < 1.29 is 14.2 Å². The molecule has 2 heterocycles. The van der Waals surface area contributed by atoms with Gasteiger partial charge in [0, 0.05) is 12.1 Å². The quantitative estimate of drug-likeness (QED) is 0.869. The molecule has 1 aromatic rings. The van der Waals surface area contributed by atoms with E-state index < -0.39 is 0 Å². The second-order valence-corrected chi connectivity index (χ2v) is 4.47. The van der Waals surface area contributed by atoms with Crippen molar-refractivity contribution in [3.05, 3.63) is 18.2 Å². The van der Waals surface area contributed by atoms with Crippen molar-refractivity contribution in [1.82, 2.24) is 5.32 Å². The lowest BCUT2D eigenvalue weighted by Crippen LogP contribution is -2.38. The molecule has 0 radical (unpaired) electrons. The number of benzene rings is 1. The maximum Gasteiger partial charge on any atom is 0.231 e. The summed E-state index contributed by atoms with van der Waals surface area (Å²) in [7, 11) is 0. The molecule has 1 unspecified atom stereocenters. The number of hydrogen-bond donors (Lipinski definition) is 1. The van der Waals surface area contributed by atoms with Gasteiger partial charge in [-0.3, -0.25) is 0 Å². The molecule has 0 saturated carbocycles. The third-order valence-corrected chi connectivity index (χ3v) is 3.21. The van der Waals surface area contributed by atoms with E-state index >= 15 is 0 Å². The predicted octanol–water partition coefficient (Wildman–Crippen LogP) is 1.94. The van der Waals surface area contributed by atoms with Gasteiger partial charge in [-0.15, -0.1) is 0 Å². The van der Waals surface area contributed by atoms with Crippen LogP contribution in [0.15, 0.2) is 18.2 Å². The molecule has 92 valence electrons. The van der Waals surface area contributed by atoms with E-state index in [-0.39, 0.29) is 0 Å². The molecular weight excluding hydrogens is 218 g/mol. The van der Waals surface area contributed by atoms with Crippen LogP contribution in [0.4, 0.5) is 0 Å². The second kappa shape index (κ2) is 4.84. The van der Waals surface area contributed by atoms with Crippen molar-refractivity contribution in [2.75, 3.05) is 19.9 Å². The van der Waals surface area contributed by atoms with Crippen molar-refractivity contribution in [2.24, 2.45) is 0 Å². The number of ether oxygens (including phenoxy) is 3. The Bertz CT molecular complexity index is 388. The van der Waals surface area contributed by atoms with E-state index in [1.807, 2.05) is 18.2 Å². The SMILES string of the molecule is c1cc2c(cc1OCC1CCCCN1)OCO2. The van der Waals surface area contributed by atoms with Crippen molar-refractivity contribution in [2.45, 2.75) is 25.3 Å². The van der Waals surface area contributed by atoms with Crippen LogP contribution in [0.1, 0.15) is 19.3 Å². The van der Waals surface area contributed by atoms with Gasteiger partial charge < -0.3 is 19.5 Å². The lowest BCUT2D eigenvalue weighted by atomic mass is 10.1. The third kappa shape index (κ3) is 2.47. The molecule has 0 aliphatic carbocycles. The summed E-state index contributed by atoms with van der Waals surface area (Å²) in [4.78, 5) is 0. The lowest BCUT2D eigenvalue weighted by Gasteiger charge is -2.23. The standard InChI is InChI=1S/C13H17NO3/c1-2-6-14-10(3-1)8-15-11-4-5-12-13(7-11)17-9-16-12/h4-5,7,10,14H,1-3,6,8-9H2. The van der Waals surface area contributed by atoms with Gasteiger partial charge in [0.1, 0.15) is 12.4 Å². The summed E-state index contributed by atoms with van der Waals surface area (Å²) >= 11 is 0. The fourth-order valence-corrected chi connectivity index (χ4v) is 2.23. The highest BCUT2D eigenvalue weighted by atomic mass is 16.7. The molecular formula is C13H17NO3. The Hall–Kier alpha value is -1.42. The van der Waals surface area contributed by atoms with E-state index in [2.05, 4.69) is 5.32 Å². The van der Waals surface area contributed by atoms with E-state index in [1.54, 1.807) is 0 Å². The average molecular weight is 235 g/mol. The summed E-state index contributed by atoms with van der Waals surface area (Å²) in [6.45, 7) is 2.14. The molecule has 0 spiro atoms. The van der Waals surface area contributed by atoms with Gasteiger partial charge in [0.25, 0.3) is 0 Å². The fourth-order valence-electron chi connectivity index (χ4n) is 2.23. The zero-order valence-corrected chi connectivity index (χ0v) is 9.78. The van der Waals surface area contributed by atoms with Crippen LogP contribution in [0, 0.1) is 0 Å². The highest BCUT2D eigenvalue weighted by Gasteiger charge is 2.16. The fraction of sp³-hybridized carbons (Fsp3) is 0.538. The first-order chi connectivity index (χ1) is 8.42. The van der Waals surface area contributed by atoms with Crippen LogP contribution < -0.4 is 19.5 Å². The van der Waals surface area contributed by atoms with Crippen molar-refractivity contribution >= 4 is 0 Å². The van der Waals surface area contributed by atoms with Crippen LogP contribution in [-0.2, 0) is 0 Å². The zero-order chi connectivity index (χ0) is 11.5. The Kier molecular flexibility index (Phi) is 3.05. The highest BCUT2D eigenvalue weighted by Crippen LogP contribution is 2.35. The average Bonchev–Trinajstić information content (AvgIpc) is 2.85. The third-order valence-electron chi connectivity index (χ3n) is 3.21. The molecule has 4 heteroatoms. The smallest absolute Gasteiger partial charge is 0.231 e. The van der Waals surface area contributed by atoms with Gasteiger partial charge in [0.2, 0.25) is 6.79 Å². The summed E-state index contributed by atoms with van der Waals surface area (Å²) in [6.07, 6.45) is 3.77. The van der Waals surface area contributed by atoms with E-state index in [9.17, 15) is 0 Å². The molecule has 0 amide bonds. The molecule has 17 heavy (non-hydrogen) atoms. The summed E-state index contributed by atoms with van der Waals surface area (Å²) in [5, 5.41) is 3.46. The van der Waals surface area contributed by atoms with Gasteiger partial charge in [-0.1, -0.05) is 6.42 Å². The van der Waals surface area contributed by atoms with Gasteiger partial charge in [0.05, 0.1) is 0 Å². The predicted molar refractivity (Wildman–Crippen MR) is 63.7 cm³/mol. The van der Waals surface area contributed by atoms with Crippen LogP contribution in [0.3, 0.4) is 0 Å². The molecule has 1 N–H and O–H groups in total. The molecule has 4 nitrogen and oxygen atoms in total. The molecule has 1 aromatic carbocycles. The minimum absolute atomic E-state index is 0.308. The van der Waals surface area contributed by atoms with Crippen molar-refractivity contribution in [1.29, 1.82) is 0 Å². The van der Waals surface area contributed by atoms with Crippen molar-refractivity contribution in [3.63, 3.8) is 0 Å². The van der Waals surface area contributed by atoms with E-state index in [1.165, 1.54) is 19.3 Å². The zero-order valence-electron chi connectivity index (χ0n) is 9.78. The second-order valence-electron chi connectivity index (χ2n) is 4.47. The van der Waals surface area contributed by atoms with Gasteiger partial charge in [0.15, 0.2) is 11.5 Å². The Labute approximate surface area is 101 Å².